The van der Waals surface area contributed by atoms with Crippen molar-refractivity contribution in [3.63, 3.8) is 0 Å². The molecule has 3 aromatic rings. The minimum Gasteiger partial charge on any atom is -0.236 e. The fraction of sp³-hybridized carbons (Fsp3) is 0.294. The van der Waals surface area contributed by atoms with E-state index in [-0.39, 0.29) is 33.5 Å². The smallest absolute Gasteiger partial charge is 0.0935 e. The summed E-state index contributed by atoms with van der Waals surface area (Å²) >= 11 is 0. The summed E-state index contributed by atoms with van der Waals surface area (Å²) in [6, 6.07) is 10.5. The van der Waals surface area contributed by atoms with Crippen LogP contribution >= 0.6 is 12.4 Å². The van der Waals surface area contributed by atoms with Gasteiger partial charge in [0.25, 0.3) is 0 Å². The Hall–Kier alpha value is -1.38. The van der Waals surface area contributed by atoms with Gasteiger partial charge < -0.3 is 0 Å². The van der Waals surface area contributed by atoms with Crippen LogP contribution in [0.1, 0.15) is 28.3 Å². The number of benzene rings is 1. The molecule has 0 amide bonds. The summed E-state index contributed by atoms with van der Waals surface area (Å²) in [4.78, 5) is 0. The Kier molecular flexibility index (Phi) is 6.38. The first-order valence-electron chi connectivity index (χ1n) is 7.14. The summed E-state index contributed by atoms with van der Waals surface area (Å²) in [6.07, 6.45) is 0. The SMILES string of the molecule is Cc1cc(C)n(-c2cccc(C)c2-n2nc(C)cc2C)n1.Cl.[Pt]. The maximum absolute atomic E-state index is 4.64. The first kappa shape index (κ1) is 19.7. The van der Waals surface area contributed by atoms with Crippen molar-refractivity contribution >= 4 is 12.4 Å². The monoisotopic (exact) mass is 511 g/mol. The Morgan fingerprint density at radius 1 is 0.783 bits per heavy atom. The topological polar surface area (TPSA) is 35.6 Å². The average molecular weight is 512 g/mol. The quantitative estimate of drug-likeness (QED) is 0.521. The van der Waals surface area contributed by atoms with Gasteiger partial charge in [-0.05, 0) is 58.4 Å². The van der Waals surface area contributed by atoms with Gasteiger partial charge in [0.05, 0.1) is 22.8 Å². The molecule has 0 unspecified atom stereocenters. The molecular weight excluding hydrogens is 491 g/mol. The molecule has 0 aliphatic carbocycles. The van der Waals surface area contributed by atoms with Crippen molar-refractivity contribution in [2.75, 3.05) is 0 Å². The maximum Gasteiger partial charge on any atom is 0.0935 e. The van der Waals surface area contributed by atoms with E-state index in [0.29, 0.717) is 0 Å². The van der Waals surface area contributed by atoms with E-state index in [0.717, 1.165) is 34.2 Å². The number of aromatic nitrogens is 4. The van der Waals surface area contributed by atoms with E-state index in [4.69, 9.17) is 0 Å². The predicted molar refractivity (Wildman–Crippen MR) is 91.6 cm³/mol. The largest absolute Gasteiger partial charge is 0.236 e. The van der Waals surface area contributed by atoms with Crippen LogP contribution in [0.4, 0.5) is 0 Å². The molecule has 0 spiro atoms. The summed E-state index contributed by atoms with van der Waals surface area (Å²) in [7, 11) is 0. The van der Waals surface area contributed by atoms with Crippen LogP contribution in [0.2, 0.25) is 0 Å². The molecule has 0 atom stereocenters. The molecule has 6 heteroatoms. The summed E-state index contributed by atoms with van der Waals surface area (Å²) in [5, 5.41) is 9.26. The van der Waals surface area contributed by atoms with E-state index in [1.807, 2.05) is 23.2 Å². The normalized spacial score (nSPS) is 10.1. The van der Waals surface area contributed by atoms with Crippen LogP contribution in [0.25, 0.3) is 11.4 Å². The fourth-order valence-electron chi connectivity index (χ4n) is 2.82. The van der Waals surface area contributed by atoms with Gasteiger partial charge in [-0.25, -0.2) is 9.36 Å². The van der Waals surface area contributed by atoms with Gasteiger partial charge in [-0.1, -0.05) is 12.1 Å². The Morgan fingerprint density at radius 3 is 1.78 bits per heavy atom. The van der Waals surface area contributed by atoms with Gasteiger partial charge in [0.1, 0.15) is 0 Å². The zero-order chi connectivity index (χ0) is 15.1. The summed E-state index contributed by atoms with van der Waals surface area (Å²) in [5.74, 6) is 0. The molecule has 1 aromatic carbocycles. The van der Waals surface area contributed by atoms with Gasteiger partial charge in [0.2, 0.25) is 0 Å². The second-order valence-corrected chi connectivity index (χ2v) is 5.62. The number of rotatable bonds is 2. The van der Waals surface area contributed by atoms with Gasteiger partial charge >= 0.3 is 0 Å². The van der Waals surface area contributed by atoms with Crippen LogP contribution in [0.3, 0.4) is 0 Å². The van der Waals surface area contributed by atoms with E-state index in [2.05, 4.69) is 61.3 Å². The summed E-state index contributed by atoms with van der Waals surface area (Å²) < 4.78 is 4.00. The minimum atomic E-state index is 0. The average Bonchev–Trinajstić information content (AvgIpc) is 2.91. The number of hydrogen-bond acceptors (Lipinski definition) is 2. The molecule has 0 saturated heterocycles. The molecule has 4 nitrogen and oxygen atoms in total. The number of para-hydroxylation sites is 1. The molecule has 0 aliphatic rings. The van der Waals surface area contributed by atoms with Crippen molar-refractivity contribution in [2.45, 2.75) is 34.6 Å². The van der Waals surface area contributed by atoms with E-state index >= 15 is 0 Å². The number of aryl methyl sites for hydroxylation is 5. The zero-order valence-corrected chi connectivity index (χ0v) is 17.0. The molecule has 0 radical (unpaired) electrons. The van der Waals surface area contributed by atoms with Crippen LogP contribution < -0.4 is 0 Å². The third-order valence-electron chi connectivity index (χ3n) is 3.68. The molecule has 0 bridgehead atoms. The summed E-state index contributed by atoms with van der Waals surface area (Å²) in [6.45, 7) is 10.3. The molecule has 0 aliphatic heterocycles. The second kappa shape index (κ2) is 7.46. The molecule has 23 heavy (non-hydrogen) atoms. The molecule has 3 rings (SSSR count). The van der Waals surface area contributed by atoms with Crippen molar-refractivity contribution in [1.29, 1.82) is 0 Å². The molecule has 0 N–H and O–H groups in total. The molecular formula is C17H21ClN4Pt. The second-order valence-electron chi connectivity index (χ2n) is 5.62. The van der Waals surface area contributed by atoms with E-state index in [1.54, 1.807) is 0 Å². The van der Waals surface area contributed by atoms with Gasteiger partial charge in [-0.3, -0.25) is 0 Å². The third-order valence-corrected chi connectivity index (χ3v) is 3.68. The minimum absolute atomic E-state index is 0. The first-order valence-corrected chi connectivity index (χ1v) is 7.14. The van der Waals surface area contributed by atoms with Gasteiger partial charge in [-0.2, -0.15) is 10.2 Å². The van der Waals surface area contributed by atoms with Crippen molar-refractivity contribution in [1.82, 2.24) is 19.6 Å². The van der Waals surface area contributed by atoms with Gasteiger partial charge in [0, 0.05) is 32.5 Å². The Morgan fingerprint density at radius 2 is 1.30 bits per heavy atom. The molecule has 2 heterocycles. The third kappa shape index (κ3) is 3.59. The van der Waals surface area contributed by atoms with Crippen LogP contribution in [0.15, 0.2) is 30.3 Å². The van der Waals surface area contributed by atoms with Gasteiger partial charge in [0.15, 0.2) is 0 Å². The van der Waals surface area contributed by atoms with E-state index < -0.39 is 0 Å². The first-order chi connectivity index (χ1) is 9.97. The summed E-state index contributed by atoms with van der Waals surface area (Å²) in [5.41, 5.74) is 7.64. The van der Waals surface area contributed by atoms with E-state index in [9.17, 15) is 0 Å². The Balaban J connectivity index is 0.00000132. The standard InChI is InChI=1S/C17H20N4.ClH.Pt/c1-11-7-6-8-16(20-14(4)9-12(2)18-20)17(11)21-15(5)10-13(3)19-21;;/h6-10H,1-5H3;1H;. The van der Waals surface area contributed by atoms with E-state index in [1.165, 1.54) is 5.56 Å². The number of hydrogen-bond donors (Lipinski definition) is 0. The molecule has 0 fully saturated rings. The zero-order valence-electron chi connectivity index (χ0n) is 13.9. The van der Waals surface area contributed by atoms with Gasteiger partial charge in [-0.15, -0.1) is 12.4 Å². The molecule has 0 saturated carbocycles. The molecule has 126 valence electrons. The number of nitrogens with zero attached hydrogens (tertiary/aromatic N) is 4. The maximum atomic E-state index is 4.64. The van der Waals surface area contributed by atoms with Crippen LogP contribution in [0.5, 0.6) is 0 Å². The predicted octanol–water partition coefficient (Wildman–Crippen LogP) is 4.02. The van der Waals surface area contributed by atoms with Crippen molar-refractivity contribution in [3.05, 3.63) is 58.7 Å². The Bertz CT molecular complexity index is 820. The van der Waals surface area contributed by atoms with Crippen LogP contribution in [-0.2, 0) is 21.1 Å². The van der Waals surface area contributed by atoms with Crippen LogP contribution in [-0.4, -0.2) is 19.6 Å². The van der Waals surface area contributed by atoms with Crippen molar-refractivity contribution in [2.24, 2.45) is 0 Å². The Labute approximate surface area is 157 Å². The van der Waals surface area contributed by atoms with Crippen molar-refractivity contribution < 1.29 is 21.1 Å². The fourth-order valence-corrected chi connectivity index (χ4v) is 2.82. The van der Waals surface area contributed by atoms with Crippen LogP contribution in [0, 0.1) is 34.6 Å². The number of halogens is 1. The van der Waals surface area contributed by atoms with Crippen molar-refractivity contribution in [3.8, 4) is 11.4 Å². The molecule has 2 aromatic heterocycles.